The van der Waals surface area contributed by atoms with Crippen LogP contribution < -0.4 is 15.8 Å². The molecule has 8 heteroatoms. The fourth-order valence-electron chi connectivity index (χ4n) is 3.41. The van der Waals surface area contributed by atoms with Gasteiger partial charge in [0, 0.05) is 10.9 Å². The Balaban J connectivity index is 2.36. The van der Waals surface area contributed by atoms with Crippen molar-refractivity contribution in [1.29, 1.82) is 5.26 Å². The first kappa shape index (κ1) is 21.0. The van der Waals surface area contributed by atoms with E-state index in [1.54, 1.807) is 38.5 Å². The molecule has 0 spiro atoms. The molecule has 2 aromatic heterocycles. The predicted molar refractivity (Wildman–Crippen MR) is 116 cm³/mol. The summed E-state index contributed by atoms with van der Waals surface area (Å²) in [5.41, 5.74) is 8.89. The fraction of sp³-hybridized carbons (Fsp3) is 0.318. The van der Waals surface area contributed by atoms with Crippen molar-refractivity contribution in [3.05, 3.63) is 41.1 Å². The van der Waals surface area contributed by atoms with Crippen LogP contribution in [-0.4, -0.2) is 28.4 Å². The van der Waals surface area contributed by atoms with Crippen molar-refractivity contribution in [3.63, 3.8) is 0 Å². The van der Waals surface area contributed by atoms with Crippen LogP contribution in [0.2, 0.25) is 0 Å². The zero-order chi connectivity index (χ0) is 22.2. The highest BCUT2D eigenvalue weighted by Gasteiger charge is 2.26. The molecule has 0 atom stereocenters. The first-order valence-electron chi connectivity index (χ1n) is 9.42. The van der Waals surface area contributed by atoms with Gasteiger partial charge in [0.15, 0.2) is 0 Å². The maximum Gasteiger partial charge on any atom is 0.413 e. The minimum absolute atomic E-state index is 0.247. The number of nitrogen functional groups attached to an aromatic ring is 1. The number of aromatic nitrogens is 2. The number of nitrogens with one attached hydrogen (secondary N) is 1. The number of aryl methyl sites for hydroxylation is 1. The number of fused-ring (bicyclic) bond motifs is 1. The number of nitriles is 1. The third kappa shape index (κ3) is 3.74. The zero-order valence-corrected chi connectivity index (χ0v) is 18.0. The summed E-state index contributed by atoms with van der Waals surface area (Å²) in [6, 6.07) is 7.63. The quantitative estimate of drug-likeness (QED) is 0.663. The Labute approximate surface area is 175 Å². The van der Waals surface area contributed by atoms with Crippen LogP contribution in [0.5, 0.6) is 5.75 Å². The SMILES string of the molecule is COc1ccc(C)c(-n2c(NC(=O)OC(C)(C)C)c(C#N)c3cc(N)cnc32)c1C. The smallest absolute Gasteiger partial charge is 0.413 e. The van der Waals surface area contributed by atoms with Crippen LogP contribution in [0.3, 0.4) is 0 Å². The number of methoxy groups -OCH3 is 1. The summed E-state index contributed by atoms with van der Waals surface area (Å²) in [4.78, 5) is 17.1. The molecule has 0 fully saturated rings. The van der Waals surface area contributed by atoms with Gasteiger partial charge in [0.05, 0.1) is 24.7 Å². The van der Waals surface area contributed by atoms with Crippen molar-refractivity contribution in [2.24, 2.45) is 0 Å². The summed E-state index contributed by atoms with van der Waals surface area (Å²) in [7, 11) is 1.59. The van der Waals surface area contributed by atoms with E-state index in [0.717, 1.165) is 16.8 Å². The van der Waals surface area contributed by atoms with Gasteiger partial charge in [-0.1, -0.05) is 6.07 Å². The molecule has 0 aliphatic heterocycles. The van der Waals surface area contributed by atoms with Crippen LogP contribution in [0.1, 0.15) is 37.5 Å². The monoisotopic (exact) mass is 407 g/mol. The van der Waals surface area contributed by atoms with Crippen LogP contribution >= 0.6 is 0 Å². The van der Waals surface area contributed by atoms with E-state index >= 15 is 0 Å². The summed E-state index contributed by atoms with van der Waals surface area (Å²) in [6.07, 6.45) is 0.844. The number of nitrogens with zero attached hydrogens (tertiary/aromatic N) is 3. The molecule has 3 rings (SSSR count). The maximum absolute atomic E-state index is 12.6. The minimum atomic E-state index is -0.696. The van der Waals surface area contributed by atoms with E-state index < -0.39 is 11.7 Å². The lowest BCUT2D eigenvalue weighted by molar-refractivity contribution is 0.0635. The second-order valence-corrected chi connectivity index (χ2v) is 8.00. The summed E-state index contributed by atoms with van der Waals surface area (Å²) in [5.74, 6) is 0.939. The van der Waals surface area contributed by atoms with Gasteiger partial charge in [-0.05, 0) is 52.3 Å². The normalized spacial score (nSPS) is 11.2. The lowest BCUT2D eigenvalue weighted by atomic mass is 10.1. The Morgan fingerprint density at radius 2 is 2.00 bits per heavy atom. The molecular formula is C22H25N5O3. The Hall–Kier alpha value is -3.73. The molecule has 0 aliphatic carbocycles. The number of amides is 1. The number of carbonyl (C=O) groups is 1. The standard InChI is InChI=1S/C22H25N5O3/c1-12-7-8-17(29-6)13(2)18(12)27-19-15(9-14(24)11-25-19)16(10-23)20(27)26-21(28)30-22(3,4)5/h7-9,11H,24H2,1-6H3,(H,26,28). The molecule has 2 heterocycles. The van der Waals surface area contributed by atoms with Crippen molar-refractivity contribution in [2.45, 2.75) is 40.2 Å². The molecule has 30 heavy (non-hydrogen) atoms. The van der Waals surface area contributed by atoms with E-state index in [4.69, 9.17) is 15.2 Å². The fourth-order valence-corrected chi connectivity index (χ4v) is 3.41. The summed E-state index contributed by atoms with van der Waals surface area (Å²) in [5, 5.41) is 13.2. The number of rotatable bonds is 3. The van der Waals surface area contributed by atoms with Crippen LogP contribution in [0.25, 0.3) is 16.7 Å². The van der Waals surface area contributed by atoms with Crippen LogP contribution in [0.15, 0.2) is 24.4 Å². The van der Waals surface area contributed by atoms with Gasteiger partial charge in [-0.2, -0.15) is 5.26 Å². The van der Waals surface area contributed by atoms with Crippen molar-refractivity contribution in [1.82, 2.24) is 9.55 Å². The topological polar surface area (TPSA) is 115 Å². The summed E-state index contributed by atoms with van der Waals surface area (Å²) < 4.78 is 12.6. The molecule has 0 saturated heterocycles. The van der Waals surface area contributed by atoms with Crippen molar-refractivity contribution in [2.75, 3.05) is 18.2 Å². The van der Waals surface area contributed by atoms with Crippen LogP contribution in [-0.2, 0) is 4.74 Å². The lowest BCUT2D eigenvalue weighted by Gasteiger charge is -2.21. The Morgan fingerprint density at radius 3 is 2.60 bits per heavy atom. The molecule has 3 aromatic rings. The molecule has 156 valence electrons. The largest absolute Gasteiger partial charge is 0.496 e. The van der Waals surface area contributed by atoms with Crippen molar-refractivity contribution >= 4 is 28.6 Å². The van der Waals surface area contributed by atoms with Gasteiger partial charge in [0.2, 0.25) is 0 Å². The van der Waals surface area contributed by atoms with Gasteiger partial charge in [0.25, 0.3) is 0 Å². The average Bonchev–Trinajstić information content (AvgIpc) is 2.92. The number of benzene rings is 1. The average molecular weight is 407 g/mol. The molecule has 0 aliphatic rings. The molecule has 3 N–H and O–H groups in total. The lowest BCUT2D eigenvalue weighted by Crippen LogP contribution is -2.28. The van der Waals surface area contributed by atoms with E-state index in [-0.39, 0.29) is 11.4 Å². The predicted octanol–water partition coefficient (Wildman–Crippen LogP) is 4.45. The molecule has 0 saturated carbocycles. The van der Waals surface area contributed by atoms with Crippen molar-refractivity contribution < 1.29 is 14.3 Å². The number of hydrogen-bond donors (Lipinski definition) is 2. The molecule has 8 nitrogen and oxygen atoms in total. The summed E-state index contributed by atoms with van der Waals surface area (Å²) in [6.45, 7) is 9.16. The second kappa shape index (κ2) is 7.59. The molecule has 0 radical (unpaired) electrons. The highest BCUT2D eigenvalue weighted by atomic mass is 16.6. The van der Waals surface area contributed by atoms with Gasteiger partial charge in [-0.3, -0.25) is 9.88 Å². The van der Waals surface area contributed by atoms with Crippen molar-refractivity contribution in [3.8, 4) is 17.5 Å². The molecule has 1 aromatic carbocycles. The first-order valence-corrected chi connectivity index (χ1v) is 9.42. The molecular weight excluding hydrogens is 382 g/mol. The van der Waals surface area contributed by atoms with Crippen LogP contribution in [0, 0.1) is 25.2 Å². The zero-order valence-electron chi connectivity index (χ0n) is 18.0. The van der Waals surface area contributed by atoms with Gasteiger partial charge < -0.3 is 15.2 Å². The first-order chi connectivity index (χ1) is 14.1. The second-order valence-electron chi connectivity index (χ2n) is 8.00. The molecule has 0 bridgehead atoms. The van der Waals surface area contributed by atoms with Gasteiger partial charge in [-0.15, -0.1) is 0 Å². The van der Waals surface area contributed by atoms with E-state index in [0.29, 0.717) is 22.5 Å². The van der Waals surface area contributed by atoms with Gasteiger partial charge in [0.1, 0.15) is 34.4 Å². The number of pyridine rings is 1. The maximum atomic E-state index is 12.6. The van der Waals surface area contributed by atoms with E-state index in [9.17, 15) is 10.1 Å². The third-order valence-corrected chi connectivity index (χ3v) is 4.59. The highest BCUT2D eigenvalue weighted by molar-refractivity contribution is 5.98. The number of ether oxygens (including phenoxy) is 2. The van der Waals surface area contributed by atoms with E-state index in [1.807, 2.05) is 26.0 Å². The number of anilines is 2. The van der Waals surface area contributed by atoms with Gasteiger partial charge in [-0.25, -0.2) is 9.78 Å². The summed E-state index contributed by atoms with van der Waals surface area (Å²) >= 11 is 0. The van der Waals surface area contributed by atoms with E-state index in [2.05, 4.69) is 16.4 Å². The molecule has 1 amide bonds. The number of nitrogens with two attached hydrogens (primary N) is 1. The Morgan fingerprint density at radius 1 is 1.30 bits per heavy atom. The van der Waals surface area contributed by atoms with E-state index in [1.165, 1.54) is 6.20 Å². The molecule has 0 unspecified atom stereocenters. The Bertz CT molecular complexity index is 1180. The minimum Gasteiger partial charge on any atom is -0.496 e. The number of carbonyl (C=O) groups excluding carboxylic acids is 1. The Kier molecular flexibility index (Phi) is 5.31. The highest BCUT2D eigenvalue weighted by Crippen LogP contribution is 2.37. The van der Waals surface area contributed by atoms with Crippen LogP contribution in [0.4, 0.5) is 16.3 Å². The third-order valence-electron chi connectivity index (χ3n) is 4.59. The van der Waals surface area contributed by atoms with Gasteiger partial charge >= 0.3 is 6.09 Å². The number of hydrogen-bond acceptors (Lipinski definition) is 6.